The average molecular weight is 279 g/mol. The summed E-state index contributed by atoms with van der Waals surface area (Å²) < 4.78 is 18.3. The molecule has 1 aromatic carbocycles. The summed E-state index contributed by atoms with van der Waals surface area (Å²) in [5.41, 5.74) is 1.31. The largest absolute Gasteiger partial charge is 0.468 e. The number of methoxy groups -OCH3 is 1. The molecule has 1 N–H and O–H groups in total. The van der Waals surface area contributed by atoms with E-state index >= 15 is 0 Å². The maximum Gasteiger partial charge on any atom is 0.327 e. The quantitative estimate of drug-likeness (QED) is 0.860. The lowest BCUT2D eigenvalue weighted by atomic mass is 9.93. The van der Waals surface area contributed by atoms with Crippen LogP contribution in [-0.4, -0.2) is 19.1 Å². The van der Waals surface area contributed by atoms with Crippen molar-refractivity contribution in [2.24, 2.45) is 0 Å². The summed E-state index contributed by atoms with van der Waals surface area (Å²) in [5.74, 6) is -0.573. The summed E-state index contributed by atoms with van der Waals surface area (Å²) in [7, 11) is 1.38. The molecule has 0 bridgehead atoms. The molecule has 1 saturated carbocycles. The molecule has 1 aliphatic carbocycles. The molecule has 0 amide bonds. The molecular formula is C16H22FNO2. The number of carbonyl (C=O) groups excluding carboxylic acids is 1. The number of carbonyl (C=O) groups is 1. The number of nitrogens with one attached hydrogen (secondary N) is 1. The standard InChI is InChI=1S/C16H22FNO2/c1-11-10-12(8-9-14(11)17)15(16(19)20-2)18-13-6-4-3-5-7-13/h8-10,13,15,18H,3-7H2,1-2H3. The van der Waals surface area contributed by atoms with Gasteiger partial charge in [-0.15, -0.1) is 0 Å². The Hall–Kier alpha value is -1.42. The first-order valence-electron chi connectivity index (χ1n) is 7.21. The van der Waals surface area contributed by atoms with Crippen molar-refractivity contribution in [3.05, 3.63) is 35.1 Å². The smallest absolute Gasteiger partial charge is 0.327 e. The van der Waals surface area contributed by atoms with Gasteiger partial charge in [-0.1, -0.05) is 31.4 Å². The first kappa shape index (κ1) is 15.0. The van der Waals surface area contributed by atoms with E-state index in [4.69, 9.17) is 4.74 Å². The van der Waals surface area contributed by atoms with E-state index in [9.17, 15) is 9.18 Å². The lowest BCUT2D eigenvalue weighted by molar-refractivity contribution is -0.143. The highest BCUT2D eigenvalue weighted by atomic mass is 19.1. The lowest BCUT2D eigenvalue weighted by Crippen LogP contribution is -2.38. The fourth-order valence-corrected chi connectivity index (χ4v) is 2.77. The summed E-state index contributed by atoms with van der Waals surface area (Å²) in [4.78, 5) is 12.0. The van der Waals surface area contributed by atoms with Crippen molar-refractivity contribution in [3.8, 4) is 0 Å². The molecule has 0 saturated heterocycles. The van der Waals surface area contributed by atoms with Crippen LogP contribution in [0, 0.1) is 12.7 Å². The van der Waals surface area contributed by atoms with Gasteiger partial charge >= 0.3 is 5.97 Å². The van der Waals surface area contributed by atoms with E-state index in [1.807, 2.05) is 0 Å². The second kappa shape index (κ2) is 6.84. The van der Waals surface area contributed by atoms with E-state index in [2.05, 4.69) is 5.32 Å². The van der Waals surface area contributed by atoms with Gasteiger partial charge in [0.25, 0.3) is 0 Å². The highest BCUT2D eigenvalue weighted by Gasteiger charge is 2.26. The van der Waals surface area contributed by atoms with Gasteiger partial charge in [0.2, 0.25) is 0 Å². The third-order valence-electron chi connectivity index (χ3n) is 3.96. The van der Waals surface area contributed by atoms with Crippen LogP contribution in [0.4, 0.5) is 4.39 Å². The Morgan fingerprint density at radius 1 is 1.35 bits per heavy atom. The molecular weight excluding hydrogens is 257 g/mol. The Kier molecular flexibility index (Phi) is 5.12. The maximum absolute atomic E-state index is 13.4. The molecule has 0 heterocycles. The monoisotopic (exact) mass is 279 g/mol. The molecule has 0 spiro atoms. The van der Waals surface area contributed by atoms with Crippen LogP contribution in [0.3, 0.4) is 0 Å². The molecule has 1 aliphatic rings. The second-order valence-electron chi connectivity index (χ2n) is 5.47. The Labute approximate surface area is 119 Å². The molecule has 0 aromatic heterocycles. The number of hydrogen-bond donors (Lipinski definition) is 1. The fourth-order valence-electron chi connectivity index (χ4n) is 2.77. The molecule has 0 radical (unpaired) electrons. The van der Waals surface area contributed by atoms with Crippen LogP contribution >= 0.6 is 0 Å². The number of rotatable bonds is 4. The molecule has 1 unspecified atom stereocenters. The highest BCUT2D eigenvalue weighted by molar-refractivity contribution is 5.77. The lowest BCUT2D eigenvalue weighted by Gasteiger charge is -2.27. The molecule has 20 heavy (non-hydrogen) atoms. The normalized spacial score (nSPS) is 17.8. The molecule has 0 aliphatic heterocycles. The van der Waals surface area contributed by atoms with Gasteiger partial charge in [-0.2, -0.15) is 0 Å². The summed E-state index contributed by atoms with van der Waals surface area (Å²) in [6, 6.07) is 4.59. The summed E-state index contributed by atoms with van der Waals surface area (Å²) >= 11 is 0. The van der Waals surface area contributed by atoms with E-state index in [1.54, 1.807) is 19.1 Å². The van der Waals surface area contributed by atoms with E-state index in [-0.39, 0.29) is 11.8 Å². The maximum atomic E-state index is 13.4. The van der Waals surface area contributed by atoms with Crippen molar-refractivity contribution in [2.75, 3.05) is 7.11 Å². The molecule has 4 heteroatoms. The zero-order valence-electron chi connectivity index (χ0n) is 12.1. The van der Waals surface area contributed by atoms with Gasteiger partial charge in [0.1, 0.15) is 11.9 Å². The molecule has 1 aromatic rings. The van der Waals surface area contributed by atoms with Gasteiger partial charge in [0.15, 0.2) is 0 Å². The van der Waals surface area contributed by atoms with Crippen molar-refractivity contribution in [1.29, 1.82) is 0 Å². The summed E-state index contributed by atoms with van der Waals surface area (Å²) in [5, 5.41) is 3.37. The molecule has 1 atom stereocenters. The Morgan fingerprint density at radius 3 is 2.65 bits per heavy atom. The van der Waals surface area contributed by atoms with Crippen molar-refractivity contribution in [2.45, 2.75) is 51.1 Å². The predicted octanol–water partition coefficient (Wildman–Crippen LogP) is 3.27. The Balaban J connectivity index is 2.17. The number of aryl methyl sites for hydroxylation is 1. The van der Waals surface area contributed by atoms with Gasteiger partial charge in [0, 0.05) is 6.04 Å². The highest BCUT2D eigenvalue weighted by Crippen LogP contribution is 2.23. The third kappa shape index (κ3) is 3.57. The number of benzene rings is 1. The van der Waals surface area contributed by atoms with E-state index < -0.39 is 6.04 Å². The number of halogens is 1. The first-order chi connectivity index (χ1) is 9.61. The number of hydrogen-bond acceptors (Lipinski definition) is 3. The Morgan fingerprint density at radius 2 is 2.05 bits per heavy atom. The minimum Gasteiger partial charge on any atom is -0.468 e. The van der Waals surface area contributed by atoms with Gasteiger partial charge < -0.3 is 4.74 Å². The first-order valence-corrected chi connectivity index (χ1v) is 7.21. The van der Waals surface area contributed by atoms with Gasteiger partial charge in [-0.3, -0.25) is 5.32 Å². The SMILES string of the molecule is COC(=O)C(NC1CCCCC1)c1ccc(F)c(C)c1. The minimum atomic E-state index is -0.512. The van der Waals surface area contributed by atoms with Crippen molar-refractivity contribution in [1.82, 2.24) is 5.32 Å². The molecule has 2 rings (SSSR count). The van der Waals surface area contributed by atoms with Crippen molar-refractivity contribution in [3.63, 3.8) is 0 Å². The minimum absolute atomic E-state index is 0.255. The van der Waals surface area contributed by atoms with Crippen LogP contribution in [0.2, 0.25) is 0 Å². The van der Waals surface area contributed by atoms with Crippen LogP contribution in [0.25, 0.3) is 0 Å². The van der Waals surface area contributed by atoms with Crippen LogP contribution in [0.15, 0.2) is 18.2 Å². The fraction of sp³-hybridized carbons (Fsp3) is 0.562. The van der Waals surface area contributed by atoms with E-state index in [1.165, 1.54) is 32.4 Å². The average Bonchev–Trinajstić information content (AvgIpc) is 2.48. The van der Waals surface area contributed by atoms with Gasteiger partial charge in [0.05, 0.1) is 7.11 Å². The molecule has 110 valence electrons. The molecule has 1 fully saturated rings. The predicted molar refractivity (Wildman–Crippen MR) is 75.9 cm³/mol. The topological polar surface area (TPSA) is 38.3 Å². The third-order valence-corrected chi connectivity index (χ3v) is 3.96. The van der Waals surface area contributed by atoms with Crippen LogP contribution < -0.4 is 5.32 Å². The van der Waals surface area contributed by atoms with Crippen molar-refractivity contribution < 1.29 is 13.9 Å². The van der Waals surface area contributed by atoms with Crippen LogP contribution in [-0.2, 0) is 9.53 Å². The Bertz CT molecular complexity index is 470. The second-order valence-corrected chi connectivity index (χ2v) is 5.47. The zero-order chi connectivity index (χ0) is 14.5. The van der Waals surface area contributed by atoms with E-state index in [0.717, 1.165) is 18.4 Å². The van der Waals surface area contributed by atoms with Gasteiger partial charge in [-0.05, 0) is 37.0 Å². The number of ether oxygens (including phenoxy) is 1. The van der Waals surface area contributed by atoms with Crippen molar-refractivity contribution >= 4 is 5.97 Å². The number of esters is 1. The molecule has 3 nitrogen and oxygen atoms in total. The van der Waals surface area contributed by atoms with Crippen LogP contribution in [0.5, 0.6) is 0 Å². The summed E-state index contributed by atoms with van der Waals surface area (Å²) in [6.45, 7) is 1.70. The zero-order valence-corrected chi connectivity index (χ0v) is 12.1. The van der Waals surface area contributed by atoms with Gasteiger partial charge in [-0.25, -0.2) is 9.18 Å². The summed E-state index contributed by atoms with van der Waals surface area (Å²) in [6.07, 6.45) is 5.79. The van der Waals surface area contributed by atoms with E-state index in [0.29, 0.717) is 11.6 Å². The van der Waals surface area contributed by atoms with Crippen LogP contribution in [0.1, 0.15) is 49.3 Å².